The summed E-state index contributed by atoms with van der Waals surface area (Å²) in [6.45, 7) is -0.578. The van der Waals surface area contributed by atoms with Gasteiger partial charge in [-0.15, -0.1) is 0 Å². The zero-order valence-electron chi connectivity index (χ0n) is 13.7. The minimum Gasteiger partial charge on any atom is -0.394 e. The maximum Gasteiger partial charge on any atom is 0.351 e. The Morgan fingerprint density at radius 3 is 2.73 bits per heavy atom. The van der Waals surface area contributed by atoms with E-state index in [0.29, 0.717) is 5.56 Å². The highest BCUT2D eigenvalue weighted by atomic mass is 19.1. The summed E-state index contributed by atoms with van der Waals surface area (Å²) in [7, 11) is 0. The first-order valence-corrected chi connectivity index (χ1v) is 8.03. The molecule has 0 unspecified atom stereocenters. The van der Waals surface area contributed by atoms with E-state index in [2.05, 4.69) is 10.3 Å². The van der Waals surface area contributed by atoms with Crippen molar-refractivity contribution in [2.45, 2.75) is 31.0 Å². The van der Waals surface area contributed by atoms with Crippen LogP contribution in [0.25, 0.3) is 0 Å². The molecule has 0 radical (unpaired) electrons. The summed E-state index contributed by atoms with van der Waals surface area (Å²) < 4.78 is 20.3. The molecule has 3 rings (SSSR count). The van der Waals surface area contributed by atoms with E-state index in [1.807, 2.05) is 0 Å². The van der Waals surface area contributed by atoms with E-state index in [9.17, 15) is 19.1 Å². The Labute approximate surface area is 147 Å². The Kier molecular flexibility index (Phi) is 5.40. The lowest BCUT2D eigenvalue weighted by Gasteiger charge is -2.35. The number of carbonyl (C=O) groups excluding carboxylic acids is 1. The van der Waals surface area contributed by atoms with Crippen LogP contribution in [0, 0.1) is 0 Å². The van der Waals surface area contributed by atoms with Gasteiger partial charge in [0.1, 0.15) is 30.4 Å². The van der Waals surface area contributed by atoms with Gasteiger partial charge in [-0.25, -0.2) is 9.18 Å². The summed E-state index contributed by atoms with van der Waals surface area (Å²) in [4.78, 5) is 28.1. The van der Waals surface area contributed by atoms with E-state index in [0.717, 1.165) is 4.57 Å². The highest BCUT2D eigenvalue weighted by molar-refractivity contribution is 6.03. The smallest absolute Gasteiger partial charge is 0.351 e. The molecule has 1 aliphatic heterocycles. The summed E-state index contributed by atoms with van der Waals surface area (Å²) in [5.74, 6) is -0.372. The monoisotopic (exact) mass is 363 g/mol. The average Bonchev–Trinajstić information content (AvgIpc) is 2.65. The Balaban J connectivity index is 1.76. The molecule has 4 atom stereocenters. The Bertz CT molecular complexity index is 829. The fourth-order valence-corrected chi connectivity index (χ4v) is 2.71. The topological polar surface area (TPSA) is 114 Å². The van der Waals surface area contributed by atoms with Crippen molar-refractivity contribution in [3.05, 3.63) is 58.6 Å². The molecule has 1 saturated heterocycles. The first-order valence-electron chi connectivity index (χ1n) is 8.03. The van der Waals surface area contributed by atoms with Gasteiger partial charge in [0.15, 0.2) is 0 Å². The van der Waals surface area contributed by atoms with Crippen molar-refractivity contribution in [2.75, 3.05) is 11.9 Å². The third-order valence-corrected chi connectivity index (χ3v) is 4.11. The molecular formula is C17H18FN3O5. The summed E-state index contributed by atoms with van der Waals surface area (Å²) in [5.41, 5.74) is -0.338. The predicted molar refractivity (Wildman–Crippen MR) is 89.4 cm³/mol. The summed E-state index contributed by atoms with van der Waals surface area (Å²) >= 11 is 0. The summed E-state index contributed by atoms with van der Waals surface area (Å²) in [6, 6.07) is 9.81. The van der Waals surface area contributed by atoms with Gasteiger partial charge in [0, 0.05) is 18.2 Å². The average molecular weight is 363 g/mol. The fourth-order valence-electron chi connectivity index (χ4n) is 2.71. The van der Waals surface area contributed by atoms with Crippen LogP contribution in [0.15, 0.2) is 47.4 Å². The molecule has 1 aromatic carbocycles. The zero-order chi connectivity index (χ0) is 18.7. The van der Waals surface area contributed by atoms with E-state index < -0.39 is 42.8 Å². The predicted octanol–water partition coefficient (Wildman–Crippen LogP) is 0.474. The van der Waals surface area contributed by atoms with Gasteiger partial charge in [0.25, 0.3) is 5.91 Å². The van der Waals surface area contributed by atoms with Gasteiger partial charge in [-0.1, -0.05) is 18.2 Å². The van der Waals surface area contributed by atoms with Gasteiger partial charge in [0.2, 0.25) is 0 Å². The standard InChI is InChI=1S/C17H18FN3O5/c18-11-8-14(26-12(9-22)15(11)23)21-7-6-13(20-17(21)25)19-16(24)10-4-2-1-3-5-10/h1-7,11-12,14-15,22-23H,8-9H2,(H,19,20,24,25)/t11-,12-,14-,15+/m1/s1. The van der Waals surface area contributed by atoms with Crippen LogP contribution in [0.1, 0.15) is 23.0 Å². The van der Waals surface area contributed by atoms with Gasteiger partial charge >= 0.3 is 5.69 Å². The molecule has 1 aliphatic rings. The number of nitrogens with one attached hydrogen (secondary N) is 1. The number of hydrogen-bond donors (Lipinski definition) is 3. The molecular weight excluding hydrogens is 345 g/mol. The number of aromatic nitrogens is 2. The highest BCUT2D eigenvalue weighted by Gasteiger charge is 2.38. The number of aliphatic hydroxyl groups excluding tert-OH is 2. The molecule has 2 heterocycles. The van der Waals surface area contributed by atoms with Crippen molar-refractivity contribution in [3.8, 4) is 0 Å². The van der Waals surface area contributed by atoms with E-state index in [4.69, 9.17) is 9.84 Å². The second-order valence-electron chi connectivity index (χ2n) is 5.88. The number of carbonyl (C=O) groups is 1. The van der Waals surface area contributed by atoms with E-state index in [1.54, 1.807) is 30.3 Å². The molecule has 1 fully saturated rings. The van der Waals surface area contributed by atoms with Crippen molar-refractivity contribution >= 4 is 11.7 Å². The van der Waals surface area contributed by atoms with Crippen LogP contribution < -0.4 is 11.0 Å². The van der Waals surface area contributed by atoms with Crippen molar-refractivity contribution in [3.63, 3.8) is 0 Å². The Hall–Kier alpha value is -2.62. The highest BCUT2D eigenvalue weighted by Crippen LogP contribution is 2.28. The molecule has 138 valence electrons. The molecule has 3 N–H and O–H groups in total. The van der Waals surface area contributed by atoms with E-state index >= 15 is 0 Å². The fraction of sp³-hybridized carbons (Fsp3) is 0.353. The van der Waals surface area contributed by atoms with Gasteiger partial charge in [-0.3, -0.25) is 9.36 Å². The molecule has 9 heteroatoms. The van der Waals surface area contributed by atoms with Crippen molar-refractivity contribution < 1.29 is 24.1 Å². The number of halogens is 1. The van der Waals surface area contributed by atoms with Crippen LogP contribution in [-0.4, -0.2) is 50.7 Å². The van der Waals surface area contributed by atoms with Crippen LogP contribution in [-0.2, 0) is 4.74 Å². The third-order valence-electron chi connectivity index (χ3n) is 4.11. The van der Waals surface area contributed by atoms with Gasteiger partial charge in [-0.2, -0.15) is 4.98 Å². The third kappa shape index (κ3) is 3.79. The molecule has 0 bridgehead atoms. The molecule has 1 aromatic heterocycles. The van der Waals surface area contributed by atoms with E-state index in [-0.39, 0.29) is 12.2 Å². The molecule has 0 spiro atoms. The SMILES string of the molecule is O=C(Nc1ccn([C@H]2C[C@@H](F)[C@H](O)[C@@H](CO)O2)c(=O)n1)c1ccccc1. The van der Waals surface area contributed by atoms with Crippen LogP contribution in [0.3, 0.4) is 0 Å². The van der Waals surface area contributed by atoms with Crippen molar-refractivity contribution in [2.24, 2.45) is 0 Å². The second-order valence-corrected chi connectivity index (χ2v) is 5.88. The molecule has 26 heavy (non-hydrogen) atoms. The number of hydrogen-bond acceptors (Lipinski definition) is 6. The Morgan fingerprint density at radius 2 is 2.08 bits per heavy atom. The number of ether oxygens (including phenoxy) is 1. The number of rotatable bonds is 4. The second kappa shape index (κ2) is 7.73. The lowest BCUT2D eigenvalue weighted by molar-refractivity contribution is -0.187. The number of benzene rings is 1. The molecule has 1 amide bonds. The van der Waals surface area contributed by atoms with Crippen molar-refractivity contribution in [1.29, 1.82) is 0 Å². The Morgan fingerprint density at radius 1 is 1.35 bits per heavy atom. The molecule has 0 aliphatic carbocycles. The number of alkyl halides is 1. The molecule has 8 nitrogen and oxygen atoms in total. The van der Waals surface area contributed by atoms with Crippen molar-refractivity contribution in [1.82, 2.24) is 9.55 Å². The lowest BCUT2D eigenvalue weighted by atomic mass is 10.0. The van der Waals surface area contributed by atoms with E-state index in [1.165, 1.54) is 12.3 Å². The summed E-state index contributed by atoms with van der Waals surface area (Å²) in [5, 5.41) is 21.3. The minimum atomic E-state index is -1.64. The number of anilines is 1. The number of aliphatic hydroxyl groups is 2. The first kappa shape index (κ1) is 18.2. The van der Waals surface area contributed by atoms with Crippen LogP contribution >= 0.6 is 0 Å². The van der Waals surface area contributed by atoms with Gasteiger partial charge < -0.3 is 20.3 Å². The van der Waals surface area contributed by atoms with Crippen LogP contribution in [0.5, 0.6) is 0 Å². The largest absolute Gasteiger partial charge is 0.394 e. The number of amides is 1. The minimum absolute atomic E-state index is 0.0476. The first-order chi connectivity index (χ1) is 12.5. The lowest BCUT2D eigenvalue weighted by Crippen LogP contribution is -2.48. The van der Waals surface area contributed by atoms with Gasteiger partial charge in [0.05, 0.1) is 6.61 Å². The van der Waals surface area contributed by atoms with Gasteiger partial charge in [-0.05, 0) is 18.2 Å². The number of nitrogens with zero attached hydrogens (tertiary/aromatic N) is 2. The molecule has 0 saturated carbocycles. The zero-order valence-corrected chi connectivity index (χ0v) is 13.7. The van der Waals surface area contributed by atoms with Crippen LogP contribution in [0.2, 0.25) is 0 Å². The molecule has 2 aromatic rings. The summed E-state index contributed by atoms with van der Waals surface area (Å²) in [6.07, 6.45) is -4.17. The maximum atomic E-state index is 13.9. The quantitative estimate of drug-likeness (QED) is 0.728. The maximum absolute atomic E-state index is 13.9. The normalized spacial score (nSPS) is 25.7. The van der Waals surface area contributed by atoms with Crippen LogP contribution in [0.4, 0.5) is 10.2 Å².